The average molecular weight is 363 g/mol. The molecule has 1 aliphatic heterocycles. The summed E-state index contributed by atoms with van der Waals surface area (Å²) in [5.74, 6) is 2.02. The van der Waals surface area contributed by atoms with E-state index in [9.17, 15) is 9.59 Å². The standard InChI is InChI=1S/C21H21N3O3/c1-12(2)24-21-17(11-22-24)16(10-20(26)23-21)19-9-8-18(27-19)15-6-4-14(5-7-15)13(3)25/h4-9,11-12,16H,10H2,1-3H3,(H,23,26). The van der Waals surface area contributed by atoms with Crippen LogP contribution in [0.1, 0.15) is 60.8 Å². The highest BCUT2D eigenvalue weighted by atomic mass is 16.3. The lowest BCUT2D eigenvalue weighted by Gasteiger charge is -2.23. The Morgan fingerprint density at radius 3 is 2.63 bits per heavy atom. The SMILES string of the molecule is CC(=O)c1ccc(-c2ccc(C3CC(=O)Nc4c3cnn4C(C)C)o2)cc1. The van der Waals surface area contributed by atoms with Gasteiger partial charge in [0, 0.05) is 29.2 Å². The maximum absolute atomic E-state index is 12.2. The first-order chi connectivity index (χ1) is 12.9. The third-order valence-corrected chi connectivity index (χ3v) is 4.88. The van der Waals surface area contributed by atoms with Crippen LogP contribution >= 0.6 is 0 Å². The molecule has 1 unspecified atom stereocenters. The molecule has 2 aromatic heterocycles. The number of hydrogen-bond acceptors (Lipinski definition) is 4. The topological polar surface area (TPSA) is 77.1 Å². The molecule has 1 aliphatic rings. The molecule has 27 heavy (non-hydrogen) atoms. The van der Waals surface area contributed by atoms with Gasteiger partial charge < -0.3 is 9.73 Å². The maximum atomic E-state index is 12.2. The summed E-state index contributed by atoms with van der Waals surface area (Å²) in [6.07, 6.45) is 2.14. The van der Waals surface area contributed by atoms with Gasteiger partial charge in [0.05, 0.1) is 12.1 Å². The molecule has 1 aromatic carbocycles. The number of amides is 1. The van der Waals surface area contributed by atoms with Crippen molar-refractivity contribution >= 4 is 17.5 Å². The number of fused-ring (bicyclic) bond motifs is 1. The molecule has 0 aliphatic carbocycles. The molecule has 6 heteroatoms. The molecule has 1 amide bonds. The van der Waals surface area contributed by atoms with E-state index in [0.717, 1.165) is 22.7 Å². The van der Waals surface area contributed by atoms with E-state index in [1.165, 1.54) is 0 Å². The largest absolute Gasteiger partial charge is 0.460 e. The fraction of sp³-hybridized carbons (Fsp3) is 0.286. The first-order valence-corrected chi connectivity index (χ1v) is 9.02. The minimum Gasteiger partial charge on any atom is -0.460 e. The zero-order valence-electron chi connectivity index (χ0n) is 15.5. The maximum Gasteiger partial charge on any atom is 0.226 e. The Kier molecular flexibility index (Phi) is 4.18. The molecular weight excluding hydrogens is 342 g/mol. The van der Waals surface area contributed by atoms with E-state index in [1.54, 1.807) is 19.1 Å². The third-order valence-electron chi connectivity index (χ3n) is 4.88. The number of aromatic nitrogens is 2. The van der Waals surface area contributed by atoms with Gasteiger partial charge in [0.25, 0.3) is 0 Å². The van der Waals surface area contributed by atoms with Gasteiger partial charge in [0.1, 0.15) is 17.3 Å². The van der Waals surface area contributed by atoms with Crippen LogP contribution in [0.15, 0.2) is 47.0 Å². The number of furan rings is 1. The average Bonchev–Trinajstić information content (AvgIpc) is 3.28. The molecule has 138 valence electrons. The molecule has 1 atom stereocenters. The summed E-state index contributed by atoms with van der Waals surface area (Å²) in [7, 11) is 0. The Morgan fingerprint density at radius 2 is 1.96 bits per heavy atom. The molecule has 0 spiro atoms. The Morgan fingerprint density at radius 1 is 1.22 bits per heavy atom. The molecule has 3 heterocycles. The first-order valence-electron chi connectivity index (χ1n) is 9.02. The summed E-state index contributed by atoms with van der Waals surface area (Å²) in [5.41, 5.74) is 2.53. The van der Waals surface area contributed by atoms with Crippen LogP contribution in [0.2, 0.25) is 0 Å². The number of nitrogens with one attached hydrogen (secondary N) is 1. The molecule has 6 nitrogen and oxygen atoms in total. The van der Waals surface area contributed by atoms with Crippen molar-refractivity contribution in [2.45, 2.75) is 39.2 Å². The van der Waals surface area contributed by atoms with E-state index in [0.29, 0.717) is 17.7 Å². The first kappa shape index (κ1) is 17.3. The minimum atomic E-state index is -0.161. The highest BCUT2D eigenvalue weighted by molar-refractivity contribution is 5.95. The lowest BCUT2D eigenvalue weighted by atomic mass is 9.92. The van der Waals surface area contributed by atoms with Crippen LogP contribution in [0.5, 0.6) is 0 Å². The Hall–Kier alpha value is -3.15. The van der Waals surface area contributed by atoms with Crippen LogP contribution in [-0.2, 0) is 4.79 Å². The highest BCUT2D eigenvalue weighted by Gasteiger charge is 2.32. The number of anilines is 1. The van der Waals surface area contributed by atoms with Crippen LogP contribution < -0.4 is 5.32 Å². The quantitative estimate of drug-likeness (QED) is 0.697. The van der Waals surface area contributed by atoms with Gasteiger partial charge in [-0.25, -0.2) is 4.68 Å². The number of hydrogen-bond donors (Lipinski definition) is 1. The Bertz CT molecular complexity index is 1010. The van der Waals surface area contributed by atoms with Crippen molar-refractivity contribution in [1.29, 1.82) is 0 Å². The van der Waals surface area contributed by atoms with Crippen molar-refractivity contribution in [3.63, 3.8) is 0 Å². The molecule has 0 bridgehead atoms. The predicted molar refractivity (Wildman–Crippen MR) is 102 cm³/mol. The zero-order chi connectivity index (χ0) is 19.1. The smallest absolute Gasteiger partial charge is 0.226 e. The van der Waals surface area contributed by atoms with Crippen molar-refractivity contribution in [3.8, 4) is 11.3 Å². The van der Waals surface area contributed by atoms with Crippen LogP contribution in [0.4, 0.5) is 5.82 Å². The van der Waals surface area contributed by atoms with Gasteiger partial charge in [-0.3, -0.25) is 9.59 Å². The zero-order valence-corrected chi connectivity index (χ0v) is 15.5. The second-order valence-corrected chi connectivity index (χ2v) is 7.13. The van der Waals surface area contributed by atoms with Crippen LogP contribution in [0.25, 0.3) is 11.3 Å². The number of rotatable bonds is 4. The number of nitrogens with zero attached hydrogens (tertiary/aromatic N) is 2. The van der Waals surface area contributed by atoms with Crippen molar-refractivity contribution in [2.75, 3.05) is 5.32 Å². The van der Waals surface area contributed by atoms with Gasteiger partial charge in [-0.15, -0.1) is 0 Å². The van der Waals surface area contributed by atoms with E-state index in [4.69, 9.17) is 4.42 Å². The highest BCUT2D eigenvalue weighted by Crippen LogP contribution is 2.39. The normalized spacial score (nSPS) is 16.3. The van der Waals surface area contributed by atoms with Gasteiger partial charge in [0.2, 0.25) is 5.91 Å². The van der Waals surface area contributed by atoms with E-state index in [1.807, 2.05) is 49.0 Å². The summed E-state index contributed by atoms with van der Waals surface area (Å²) in [5, 5.41) is 7.36. The summed E-state index contributed by atoms with van der Waals surface area (Å²) < 4.78 is 7.91. The Labute approximate surface area is 157 Å². The monoisotopic (exact) mass is 363 g/mol. The Balaban J connectivity index is 1.68. The van der Waals surface area contributed by atoms with E-state index in [-0.39, 0.29) is 23.7 Å². The fourth-order valence-corrected chi connectivity index (χ4v) is 3.45. The van der Waals surface area contributed by atoms with Crippen molar-refractivity contribution in [3.05, 3.63) is 59.5 Å². The van der Waals surface area contributed by atoms with Gasteiger partial charge >= 0.3 is 0 Å². The number of benzene rings is 1. The van der Waals surface area contributed by atoms with Crippen molar-refractivity contribution < 1.29 is 14.0 Å². The molecule has 0 fully saturated rings. The number of Topliss-reactive ketones (excluding diaryl/α,β-unsaturated/α-hetero) is 1. The lowest BCUT2D eigenvalue weighted by Crippen LogP contribution is -2.25. The fourth-order valence-electron chi connectivity index (χ4n) is 3.45. The third kappa shape index (κ3) is 3.07. The molecule has 3 aromatic rings. The summed E-state index contributed by atoms with van der Waals surface area (Å²) in [4.78, 5) is 23.7. The van der Waals surface area contributed by atoms with Crippen LogP contribution in [0.3, 0.4) is 0 Å². The number of carbonyl (C=O) groups is 2. The van der Waals surface area contributed by atoms with Crippen molar-refractivity contribution in [2.24, 2.45) is 0 Å². The molecule has 0 radical (unpaired) electrons. The summed E-state index contributed by atoms with van der Waals surface area (Å²) >= 11 is 0. The molecular formula is C21H21N3O3. The van der Waals surface area contributed by atoms with E-state index in [2.05, 4.69) is 10.4 Å². The minimum absolute atomic E-state index is 0.0320. The van der Waals surface area contributed by atoms with Gasteiger partial charge in [0.15, 0.2) is 5.78 Å². The summed E-state index contributed by atoms with van der Waals surface area (Å²) in [6.45, 7) is 5.60. The predicted octanol–water partition coefficient (Wildman–Crippen LogP) is 4.40. The molecule has 4 rings (SSSR count). The van der Waals surface area contributed by atoms with Gasteiger partial charge in [-0.1, -0.05) is 24.3 Å². The van der Waals surface area contributed by atoms with Gasteiger partial charge in [-0.05, 0) is 32.9 Å². The number of carbonyl (C=O) groups excluding carboxylic acids is 2. The lowest BCUT2D eigenvalue weighted by molar-refractivity contribution is -0.116. The van der Waals surface area contributed by atoms with Gasteiger partial charge in [-0.2, -0.15) is 5.10 Å². The molecule has 0 saturated carbocycles. The van der Waals surface area contributed by atoms with Crippen molar-refractivity contribution in [1.82, 2.24) is 9.78 Å². The second kappa shape index (κ2) is 6.54. The second-order valence-electron chi connectivity index (χ2n) is 7.13. The van der Waals surface area contributed by atoms with E-state index >= 15 is 0 Å². The summed E-state index contributed by atoms with van der Waals surface area (Å²) in [6, 6.07) is 11.3. The molecule has 0 saturated heterocycles. The van der Waals surface area contributed by atoms with Crippen LogP contribution in [0, 0.1) is 0 Å². The number of ketones is 1. The van der Waals surface area contributed by atoms with E-state index < -0.39 is 0 Å². The molecule has 1 N–H and O–H groups in total. The van der Waals surface area contributed by atoms with Crippen LogP contribution in [-0.4, -0.2) is 21.5 Å².